The number of hydrogen-bond donors (Lipinski definition) is 0. The van der Waals surface area contributed by atoms with Crippen molar-refractivity contribution in [1.29, 1.82) is 0 Å². The van der Waals surface area contributed by atoms with Gasteiger partial charge in [-0.25, -0.2) is 0 Å². The summed E-state index contributed by atoms with van der Waals surface area (Å²) < 4.78 is 0. The molecule has 0 aromatic carbocycles. The summed E-state index contributed by atoms with van der Waals surface area (Å²) in [4.78, 5) is 0. The van der Waals surface area contributed by atoms with Crippen molar-refractivity contribution in [2.45, 2.75) is 110 Å². The van der Waals surface area contributed by atoms with E-state index in [9.17, 15) is 0 Å². The van der Waals surface area contributed by atoms with Gasteiger partial charge in [0.15, 0.2) is 0 Å². The van der Waals surface area contributed by atoms with Gasteiger partial charge in [0.2, 0.25) is 0 Å². The molecule has 0 saturated heterocycles. The second-order valence-electron chi connectivity index (χ2n) is 7.10. The van der Waals surface area contributed by atoms with Crippen molar-refractivity contribution in [3.05, 3.63) is 0 Å². The normalized spacial score (nSPS) is 23.7. The highest BCUT2D eigenvalue weighted by Crippen LogP contribution is 2.31. The second kappa shape index (κ2) is 11.8. The SMILES string of the molecule is CCCCCCCCCCCCC1CCC(C)CC1. The zero-order chi connectivity index (χ0) is 13.8. The highest BCUT2D eigenvalue weighted by atomic mass is 14.2. The van der Waals surface area contributed by atoms with E-state index in [2.05, 4.69) is 13.8 Å². The molecular formula is C19H38. The summed E-state index contributed by atoms with van der Waals surface area (Å²) in [5, 5.41) is 0. The average Bonchev–Trinajstić information content (AvgIpc) is 2.43. The molecule has 0 radical (unpaired) electrons. The van der Waals surface area contributed by atoms with Crippen molar-refractivity contribution in [3.63, 3.8) is 0 Å². The third-order valence-corrected chi connectivity index (χ3v) is 5.10. The van der Waals surface area contributed by atoms with Crippen LogP contribution in [0, 0.1) is 11.8 Å². The Morgan fingerprint density at radius 1 is 0.632 bits per heavy atom. The molecule has 0 atom stereocenters. The molecule has 0 spiro atoms. The summed E-state index contributed by atoms with van der Waals surface area (Å²) in [5.41, 5.74) is 0. The monoisotopic (exact) mass is 266 g/mol. The summed E-state index contributed by atoms with van der Waals surface area (Å²) in [5.74, 6) is 2.11. The Labute approximate surface area is 122 Å². The number of unbranched alkanes of at least 4 members (excludes halogenated alkanes) is 9. The Morgan fingerprint density at radius 2 is 1.11 bits per heavy atom. The Hall–Kier alpha value is 0. The van der Waals surface area contributed by atoms with Crippen LogP contribution >= 0.6 is 0 Å². The van der Waals surface area contributed by atoms with Gasteiger partial charge in [0.25, 0.3) is 0 Å². The molecule has 0 N–H and O–H groups in total. The fourth-order valence-corrected chi connectivity index (χ4v) is 3.54. The van der Waals surface area contributed by atoms with E-state index in [-0.39, 0.29) is 0 Å². The zero-order valence-electron chi connectivity index (χ0n) is 13.8. The molecule has 0 heteroatoms. The average molecular weight is 267 g/mol. The van der Waals surface area contributed by atoms with Gasteiger partial charge in [0.05, 0.1) is 0 Å². The fourth-order valence-electron chi connectivity index (χ4n) is 3.54. The van der Waals surface area contributed by atoms with Gasteiger partial charge in [-0.1, -0.05) is 110 Å². The molecule has 1 fully saturated rings. The fraction of sp³-hybridized carbons (Fsp3) is 1.00. The van der Waals surface area contributed by atoms with E-state index in [4.69, 9.17) is 0 Å². The molecule has 0 aliphatic heterocycles. The first-order valence-corrected chi connectivity index (χ1v) is 9.33. The molecule has 19 heavy (non-hydrogen) atoms. The summed E-state index contributed by atoms with van der Waals surface area (Å²) >= 11 is 0. The van der Waals surface area contributed by atoms with Crippen LogP contribution in [0.25, 0.3) is 0 Å². The Kier molecular flexibility index (Phi) is 10.6. The van der Waals surface area contributed by atoms with Crippen LogP contribution in [0.2, 0.25) is 0 Å². The molecular weight excluding hydrogens is 228 g/mol. The van der Waals surface area contributed by atoms with Crippen LogP contribution < -0.4 is 0 Å². The van der Waals surface area contributed by atoms with Crippen molar-refractivity contribution in [1.82, 2.24) is 0 Å². The molecule has 1 aliphatic carbocycles. The van der Waals surface area contributed by atoms with Crippen molar-refractivity contribution >= 4 is 0 Å². The van der Waals surface area contributed by atoms with Crippen molar-refractivity contribution < 1.29 is 0 Å². The number of hydrogen-bond acceptors (Lipinski definition) is 0. The molecule has 1 rings (SSSR count). The molecule has 0 nitrogen and oxygen atoms in total. The molecule has 1 saturated carbocycles. The molecule has 0 aromatic heterocycles. The molecule has 0 amide bonds. The maximum atomic E-state index is 2.43. The van der Waals surface area contributed by atoms with Gasteiger partial charge in [0.1, 0.15) is 0 Å². The topological polar surface area (TPSA) is 0 Å². The lowest BCUT2D eigenvalue weighted by Gasteiger charge is -2.26. The van der Waals surface area contributed by atoms with E-state index in [1.54, 1.807) is 0 Å². The minimum atomic E-state index is 1.02. The lowest BCUT2D eigenvalue weighted by molar-refractivity contribution is 0.271. The molecule has 0 heterocycles. The zero-order valence-corrected chi connectivity index (χ0v) is 13.8. The summed E-state index contributed by atoms with van der Waals surface area (Å²) in [6.07, 6.45) is 22.3. The van der Waals surface area contributed by atoms with Crippen LogP contribution in [0.1, 0.15) is 110 Å². The van der Waals surface area contributed by atoms with Gasteiger partial charge < -0.3 is 0 Å². The maximum Gasteiger partial charge on any atom is -0.0414 e. The highest BCUT2D eigenvalue weighted by molar-refractivity contribution is 4.69. The van der Waals surface area contributed by atoms with Gasteiger partial charge in [-0.3, -0.25) is 0 Å². The van der Waals surface area contributed by atoms with Crippen LogP contribution in [0.15, 0.2) is 0 Å². The number of rotatable bonds is 11. The van der Waals surface area contributed by atoms with E-state index in [1.165, 1.54) is 96.3 Å². The van der Waals surface area contributed by atoms with Gasteiger partial charge >= 0.3 is 0 Å². The van der Waals surface area contributed by atoms with Gasteiger partial charge in [0, 0.05) is 0 Å². The van der Waals surface area contributed by atoms with Gasteiger partial charge in [-0.05, 0) is 11.8 Å². The van der Waals surface area contributed by atoms with Crippen molar-refractivity contribution in [2.24, 2.45) is 11.8 Å². The van der Waals surface area contributed by atoms with Gasteiger partial charge in [-0.15, -0.1) is 0 Å². The molecule has 1 aliphatic rings. The summed E-state index contributed by atoms with van der Waals surface area (Å²) in [6.45, 7) is 4.73. The van der Waals surface area contributed by atoms with Crippen LogP contribution in [-0.4, -0.2) is 0 Å². The lowest BCUT2D eigenvalue weighted by atomic mass is 9.80. The van der Waals surface area contributed by atoms with Gasteiger partial charge in [-0.2, -0.15) is 0 Å². The smallest absolute Gasteiger partial charge is 0.0414 e. The first-order chi connectivity index (χ1) is 9.33. The Morgan fingerprint density at radius 3 is 1.63 bits per heavy atom. The third kappa shape index (κ3) is 9.52. The molecule has 114 valence electrons. The van der Waals surface area contributed by atoms with Crippen LogP contribution in [0.3, 0.4) is 0 Å². The lowest BCUT2D eigenvalue weighted by Crippen LogP contribution is -2.12. The second-order valence-corrected chi connectivity index (χ2v) is 7.10. The first-order valence-electron chi connectivity index (χ1n) is 9.33. The molecule has 0 unspecified atom stereocenters. The van der Waals surface area contributed by atoms with E-state index >= 15 is 0 Å². The standard InChI is InChI=1S/C19H38/c1-3-4-5-6-7-8-9-10-11-12-13-19-16-14-18(2)15-17-19/h18-19H,3-17H2,1-2H3. The first kappa shape index (κ1) is 17.1. The Balaban J connectivity index is 1.76. The van der Waals surface area contributed by atoms with E-state index < -0.39 is 0 Å². The Bertz CT molecular complexity index is 176. The van der Waals surface area contributed by atoms with E-state index in [0.29, 0.717) is 0 Å². The van der Waals surface area contributed by atoms with Crippen molar-refractivity contribution in [2.75, 3.05) is 0 Å². The minimum absolute atomic E-state index is 1.02. The predicted molar refractivity (Wildman–Crippen MR) is 87.6 cm³/mol. The highest BCUT2D eigenvalue weighted by Gasteiger charge is 2.17. The minimum Gasteiger partial charge on any atom is -0.0654 e. The maximum absolute atomic E-state index is 2.43. The summed E-state index contributed by atoms with van der Waals surface area (Å²) in [7, 11) is 0. The van der Waals surface area contributed by atoms with E-state index in [1.807, 2.05) is 0 Å². The van der Waals surface area contributed by atoms with Crippen molar-refractivity contribution in [3.8, 4) is 0 Å². The van der Waals surface area contributed by atoms with Crippen LogP contribution in [0.4, 0.5) is 0 Å². The summed E-state index contributed by atoms with van der Waals surface area (Å²) in [6, 6.07) is 0. The predicted octanol–water partition coefficient (Wildman–Crippen LogP) is 7.12. The van der Waals surface area contributed by atoms with Crippen LogP contribution in [-0.2, 0) is 0 Å². The third-order valence-electron chi connectivity index (χ3n) is 5.10. The molecule has 0 bridgehead atoms. The largest absolute Gasteiger partial charge is 0.0654 e. The quantitative estimate of drug-likeness (QED) is 0.349. The van der Waals surface area contributed by atoms with Crippen LogP contribution in [0.5, 0.6) is 0 Å². The molecule has 0 aromatic rings. The van der Waals surface area contributed by atoms with E-state index in [0.717, 1.165) is 11.8 Å².